The smallest absolute Gasteiger partial charge is 0.305 e. The number of nitrogens with zero attached hydrogens (tertiary/aromatic N) is 3. The summed E-state index contributed by atoms with van der Waals surface area (Å²) >= 11 is 11.6. The summed E-state index contributed by atoms with van der Waals surface area (Å²) in [6.07, 6.45) is 16.4. The molecule has 3 aliphatic rings. The largest absolute Gasteiger partial charge is 0.466 e. The summed E-state index contributed by atoms with van der Waals surface area (Å²) in [5.41, 5.74) is 6.37. The first-order chi connectivity index (χ1) is 24.9. The molecule has 0 saturated heterocycles. The van der Waals surface area contributed by atoms with Crippen molar-refractivity contribution in [3.63, 3.8) is 0 Å². The molecule has 0 fully saturated rings. The molecule has 1 aliphatic heterocycles. The summed E-state index contributed by atoms with van der Waals surface area (Å²) in [6.45, 7) is 8.96. The van der Waals surface area contributed by atoms with Crippen LogP contribution in [0.25, 0.3) is 21.9 Å². The SMILES string of the molecule is CCOC(=O)CCCCCn1c(=O)/c(=C2\C=C3C=C(/C=C4\Sc5ccccc5N4CC)CCC3CC2)s/c1=C\c1sc2ccc(Cl)cc2[n+]1CC. The van der Waals surface area contributed by atoms with Crippen LogP contribution in [-0.2, 0) is 22.6 Å². The first kappa shape index (κ1) is 36.0. The van der Waals surface area contributed by atoms with Crippen molar-refractivity contribution in [1.82, 2.24) is 4.57 Å². The van der Waals surface area contributed by atoms with Crippen LogP contribution < -0.4 is 24.2 Å². The van der Waals surface area contributed by atoms with Crippen molar-refractivity contribution in [2.45, 2.75) is 90.1 Å². The topological polar surface area (TPSA) is 55.4 Å². The van der Waals surface area contributed by atoms with E-state index in [1.165, 1.54) is 31.5 Å². The number of allylic oxidation sites excluding steroid dienone is 5. The van der Waals surface area contributed by atoms with Crippen LogP contribution in [0.5, 0.6) is 0 Å². The zero-order valence-electron chi connectivity index (χ0n) is 29.6. The molecule has 51 heavy (non-hydrogen) atoms. The molecule has 6 nitrogen and oxygen atoms in total. The highest BCUT2D eigenvalue weighted by molar-refractivity contribution is 8.03. The molecule has 0 amide bonds. The maximum atomic E-state index is 14.3. The zero-order chi connectivity index (χ0) is 35.5. The van der Waals surface area contributed by atoms with Crippen LogP contribution in [0, 0.1) is 5.92 Å². The van der Waals surface area contributed by atoms with Gasteiger partial charge in [-0.25, -0.2) is 0 Å². The van der Waals surface area contributed by atoms with Gasteiger partial charge >= 0.3 is 5.97 Å². The second-order valence-corrected chi connectivity index (χ2v) is 16.8. The quantitative estimate of drug-likeness (QED) is 0.0871. The highest BCUT2D eigenvalue weighted by Gasteiger charge is 2.27. The number of halogens is 1. The lowest BCUT2D eigenvalue weighted by Gasteiger charge is -2.28. The van der Waals surface area contributed by atoms with Gasteiger partial charge in [-0.3, -0.25) is 14.2 Å². The predicted octanol–water partition coefficient (Wildman–Crippen LogP) is 8.72. The number of hydrogen-bond acceptors (Lipinski definition) is 7. The Kier molecular flexibility index (Phi) is 11.4. The number of benzene rings is 2. The Morgan fingerprint density at radius 2 is 1.86 bits per heavy atom. The molecule has 0 radical (unpaired) electrons. The van der Waals surface area contributed by atoms with E-state index in [9.17, 15) is 9.59 Å². The first-order valence-electron chi connectivity index (χ1n) is 18.3. The Morgan fingerprint density at radius 3 is 2.69 bits per heavy atom. The predicted molar refractivity (Wildman–Crippen MR) is 214 cm³/mol. The van der Waals surface area contributed by atoms with E-state index in [-0.39, 0.29) is 11.5 Å². The van der Waals surface area contributed by atoms with E-state index in [1.807, 2.05) is 35.4 Å². The molecule has 0 spiro atoms. The van der Waals surface area contributed by atoms with Gasteiger partial charge in [0.05, 0.1) is 27.9 Å². The third-order valence-corrected chi connectivity index (χ3v) is 13.6. The molecule has 266 valence electrons. The van der Waals surface area contributed by atoms with Crippen molar-refractivity contribution in [1.29, 1.82) is 0 Å². The fourth-order valence-corrected chi connectivity index (χ4v) is 11.2. The molecule has 0 N–H and O–H groups in total. The van der Waals surface area contributed by atoms with E-state index >= 15 is 0 Å². The molecule has 3 heterocycles. The molecule has 2 aromatic heterocycles. The van der Waals surface area contributed by atoms with Crippen molar-refractivity contribution in [2.75, 3.05) is 18.1 Å². The third kappa shape index (κ3) is 7.73. The number of anilines is 1. The van der Waals surface area contributed by atoms with Crippen LogP contribution in [0.2, 0.25) is 5.02 Å². The van der Waals surface area contributed by atoms with Crippen molar-refractivity contribution in [3.05, 3.63) is 106 Å². The number of carbonyl (C=O) groups is 1. The van der Waals surface area contributed by atoms with Gasteiger partial charge in [0.25, 0.3) is 10.6 Å². The molecule has 0 saturated carbocycles. The number of thioether (sulfide) groups is 1. The second kappa shape index (κ2) is 16.1. The monoisotopic (exact) mass is 758 g/mol. The van der Waals surface area contributed by atoms with Crippen LogP contribution in [0.1, 0.15) is 77.1 Å². The van der Waals surface area contributed by atoms with Crippen molar-refractivity contribution in [3.8, 4) is 0 Å². The van der Waals surface area contributed by atoms with Crippen LogP contribution in [0.15, 0.2) is 86.6 Å². The minimum absolute atomic E-state index is 0.0926. The number of ether oxygens (including phenoxy) is 1. The Hall–Kier alpha value is -3.37. The fourth-order valence-electron chi connectivity index (χ4n) is 7.43. The molecule has 1 atom stereocenters. The highest BCUT2D eigenvalue weighted by atomic mass is 35.5. The van der Waals surface area contributed by atoms with E-state index in [0.29, 0.717) is 25.5 Å². The molecule has 4 aromatic rings. The number of esters is 1. The van der Waals surface area contributed by atoms with Gasteiger partial charge in [0.15, 0.2) is 0 Å². The van der Waals surface area contributed by atoms with Crippen molar-refractivity contribution >= 4 is 79.6 Å². The molecule has 1 unspecified atom stereocenters. The minimum Gasteiger partial charge on any atom is -0.466 e. The zero-order valence-corrected chi connectivity index (χ0v) is 32.8. The van der Waals surface area contributed by atoms with Crippen LogP contribution in [-0.4, -0.2) is 23.7 Å². The van der Waals surface area contributed by atoms with Gasteiger partial charge in [0.1, 0.15) is 15.9 Å². The highest BCUT2D eigenvalue weighted by Crippen LogP contribution is 2.47. The second-order valence-electron chi connectivity index (χ2n) is 13.2. The lowest BCUT2D eigenvalue weighted by atomic mass is 9.77. The van der Waals surface area contributed by atoms with Gasteiger partial charge in [-0.1, -0.05) is 65.4 Å². The summed E-state index contributed by atoms with van der Waals surface area (Å²) in [7, 11) is 0. The number of fused-ring (bicyclic) bond motifs is 3. The Morgan fingerprint density at radius 1 is 1.02 bits per heavy atom. The molecular weight excluding hydrogens is 714 g/mol. The summed E-state index contributed by atoms with van der Waals surface area (Å²) in [4.78, 5) is 29.9. The van der Waals surface area contributed by atoms with E-state index < -0.39 is 0 Å². The maximum absolute atomic E-state index is 14.3. The first-order valence-corrected chi connectivity index (χ1v) is 21.1. The average molecular weight is 759 g/mol. The lowest BCUT2D eigenvalue weighted by molar-refractivity contribution is -0.665. The lowest BCUT2D eigenvalue weighted by Crippen LogP contribution is -2.35. The third-order valence-electron chi connectivity index (χ3n) is 10.00. The van der Waals surface area contributed by atoms with Crippen molar-refractivity contribution in [2.24, 2.45) is 5.92 Å². The van der Waals surface area contributed by atoms with Crippen molar-refractivity contribution < 1.29 is 14.1 Å². The molecule has 10 heteroatoms. The molecular formula is C41H45ClN3O3S3+. The summed E-state index contributed by atoms with van der Waals surface area (Å²) in [5, 5.41) is 3.12. The summed E-state index contributed by atoms with van der Waals surface area (Å²) < 4.78 is 12.4. The van der Waals surface area contributed by atoms with Gasteiger partial charge in [0.2, 0.25) is 5.52 Å². The Balaban J connectivity index is 1.25. The van der Waals surface area contributed by atoms with E-state index in [1.54, 1.807) is 22.7 Å². The van der Waals surface area contributed by atoms with Gasteiger partial charge in [-0.05, 0) is 112 Å². The number of hydrogen-bond donors (Lipinski definition) is 0. The number of aromatic nitrogens is 2. The van der Waals surface area contributed by atoms with E-state index in [4.69, 9.17) is 16.3 Å². The normalized spacial score (nSPS) is 19.4. The number of rotatable bonds is 11. The number of thiazole rings is 2. The van der Waals surface area contributed by atoms with Crippen LogP contribution >= 0.6 is 46.0 Å². The van der Waals surface area contributed by atoms with Gasteiger partial charge in [-0.15, -0.1) is 11.3 Å². The van der Waals surface area contributed by atoms with E-state index in [2.05, 4.69) is 78.0 Å². The number of aryl methyl sites for hydroxylation is 1. The fraction of sp³-hybridized carbons (Fsp3) is 0.390. The molecule has 7 rings (SSSR count). The number of unbranched alkanes of at least 4 members (excludes halogenated alkanes) is 2. The maximum Gasteiger partial charge on any atom is 0.305 e. The van der Waals surface area contributed by atoms with Crippen LogP contribution in [0.3, 0.4) is 0 Å². The minimum atomic E-state index is -0.151. The number of para-hydroxylation sites is 1. The molecule has 2 aromatic carbocycles. The van der Waals surface area contributed by atoms with Crippen LogP contribution in [0.4, 0.5) is 5.69 Å². The average Bonchev–Trinajstić information content (AvgIpc) is 3.77. The Bertz CT molecular complexity index is 2240. The molecule has 0 bridgehead atoms. The van der Waals surface area contributed by atoms with E-state index in [0.717, 1.165) is 88.4 Å². The summed E-state index contributed by atoms with van der Waals surface area (Å²) in [6, 6.07) is 14.7. The van der Waals surface area contributed by atoms with Gasteiger partial charge < -0.3 is 9.64 Å². The van der Waals surface area contributed by atoms with Gasteiger partial charge in [-0.2, -0.15) is 4.57 Å². The standard InChI is InChI=1S/C41H45ClN3O3S3/c1-4-43-32-12-9-10-13-34(32)49-36(43)23-27-15-16-28-17-18-29(24-30(28)22-27)40-41(47)45(21-11-7-8-14-39(46)48-6-3)38(51-40)26-37-44(5-2)33-25-31(42)19-20-35(33)50-37/h9-10,12-13,19-20,22-26,28H,4-8,11,14-18,21H2,1-3H3/q+1/b36-23-,40-29+. The molecule has 2 aliphatic carbocycles. The summed E-state index contributed by atoms with van der Waals surface area (Å²) in [5.74, 6) is 0.384. The Labute approximate surface area is 317 Å². The van der Waals surface area contributed by atoms with Gasteiger partial charge in [0, 0.05) is 35.5 Å². The number of carbonyl (C=O) groups excluding carboxylic acids is 1.